The van der Waals surface area contributed by atoms with Crippen LogP contribution in [0.1, 0.15) is 75.6 Å². The van der Waals surface area contributed by atoms with E-state index in [-0.39, 0.29) is 22.1 Å². The van der Waals surface area contributed by atoms with Crippen LogP contribution in [0.2, 0.25) is 0 Å². The van der Waals surface area contributed by atoms with Gasteiger partial charge in [-0.2, -0.15) is 0 Å². The monoisotopic (exact) mass is 503 g/mol. The average Bonchev–Trinajstić information content (AvgIpc) is 3.37. The molecule has 1 saturated carbocycles. The number of amides is 1. The Morgan fingerprint density at radius 2 is 1.63 bits per heavy atom. The van der Waals surface area contributed by atoms with Crippen molar-refractivity contribution in [1.29, 1.82) is 0 Å². The molecule has 0 unspecified atom stereocenters. The van der Waals surface area contributed by atoms with Crippen LogP contribution in [0, 0.1) is 5.92 Å². The molecule has 2 aromatic rings. The van der Waals surface area contributed by atoms with Crippen LogP contribution in [0.15, 0.2) is 53.4 Å². The minimum absolute atomic E-state index is 0.0889. The van der Waals surface area contributed by atoms with Gasteiger partial charge in [-0.05, 0) is 75.0 Å². The fraction of sp³-hybridized carbons (Fsp3) is 0.519. The molecule has 0 atom stereocenters. The number of hydrogen-bond acceptors (Lipinski definition) is 5. The third-order valence-corrected chi connectivity index (χ3v) is 6.86. The molecule has 1 fully saturated rings. The summed E-state index contributed by atoms with van der Waals surface area (Å²) >= 11 is 0. The van der Waals surface area contributed by atoms with Crippen molar-refractivity contribution in [2.75, 3.05) is 19.6 Å². The number of ether oxygens (including phenoxy) is 1. The molecule has 0 heterocycles. The molecule has 0 spiro atoms. The summed E-state index contributed by atoms with van der Waals surface area (Å²) in [7, 11) is -4.05. The number of benzene rings is 2. The van der Waals surface area contributed by atoms with Crippen LogP contribution in [0.3, 0.4) is 0 Å². The standard InChI is InChI=1S/C19H22N2O4S.C8H19N/c20-26(23,24)18-12-15(19(22)21-13-14-6-4-5-7-14)10-11-17(18)25-16-8-2-1-3-9-16;1-3-5-7-9-8-6-4-2/h1-3,8-12,14H,4-7,13H2,(H,21,22)(H2,20,23,24);9H,3-8H2,1-2H3. The molecule has 3 rings (SSSR count). The van der Waals surface area contributed by atoms with E-state index in [0.29, 0.717) is 18.2 Å². The maximum Gasteiger partial charge on any atom is 0.251 e. The van der Waals surface area contributed by atoms with Gasteiger partial charge in [-0.25, -0.2) is 13.6 Å². The lowest BCUT2D eigenvalue weighted by Gasteiger charge is -2.13. The van der Waals surface area contributed by atoms with Crippen LogP contribution < -0.4 is 20.5 Å². The van der Waals surface area contributed by atoms with Gasteiger partial charge < -0.3 is 15.4 Å². The van der Waals surface area contributed by atoms with Gasteiger partial charge in [-0.15, -0.1) is 0 Å². The van der Waals surface area contributed by atoms with Crippen molar-refractivity contribution in [3.63, 3.8) is 0 Å². The number of para-hydroxylation sites is 1. The van der Waals surface area contributed by atoms with Crippen molar-refractivity contribution in [3.8, 4) is 11.5 Å². The predicted octanol–water partition coefficient (Wildman–Crippen LogP) is 5.22. The first-order valence-electron chi connectivity index (χ1n) is 12.7. The van der Waals surface area contributed by atoms with E-state index in [4.69, 9.17) is 9.88 Å². The average molecular weight is 504 g/mol. The molecular formula is C27H41N3O4S. The first-order valence-corrected chi connectivity index (χ1v) is 14.3. The first kappa shape index (κ1) is 28.8. The topological polar surface area (TPSA) is 111 Å². The van der Waals surface area contributed by atoms with Crippen LogP contribution in [0.4, 0.5) is 0 Å². The lowest BCUT2D eigenvalue weighted by Crippen LogP contribution is -2.28. The highest BCUT2D eigenvalue weighted by Gasteiger charge is 2.20. The summed E-state index contributed by atoms with van der Waals surface area (Å²) in [6.45, 7) is 7.46. The van der Waals surface area contributed by atoms with Gasteiger partial charge in [0.1, 0.15) is 16.4 Å². The van der Waals surface area contributed by atoms with Crippen LogP contribution in [0.5, 0.6) is 11.5 Å². The molecule has 194 valence electrons. The van der Waals surface area contributed by atoms with E-state index >= 15 is 0 Å². The second-order valence-corrected chi connectivity index (χ2v) is 10.5. The molecule has 8 heteroatoms. The van der Waals surface area contributed by atoms with Crippen molar-refractivity contribution in [2.45, 2.75) is 70.1 Å². The minimum Gasteiger partial charge on any atom is -0.456 e. The van der Waals surface area contributed by atoms with Crippen LogP contribution in [0.25, 0.3) is 0 Å². The molecule has 1 aliphatic rings. The molecule has 0 aliphatic heterocycles. The van der Waals surface area contributed by atoms with Crippen LogP contribution in [-0.4, -0.2) is 34.0 Å². The fourth-order valence-corrected chi connectivity index (χ4v) is 4.53. The number of carbonyl (C=O) groups is 1. The molecule has 0 radical (unpaired) electrons. The maximum atomic E-state index is 12.4. The smallest absolute Gasteiger partial charge is 0.251 e. The van der Waals surface area contributed by atoms with Crippen LogP contribution >= 0.6 is 0 Å². The summed E-state index contributed by atoms with van der Waals surface area (Å²) in [5.74, 6) is 0.757. The summed E-state index contributed by atoms with van der Waals surface area (Å²) in [4.78, 5) is 12.1. The zero-order valence-electron chi connectivity index (χ0n) is 21.1. The lowest BCUT2D eigenvalue weighted by atomic mass is 10.1. The Morgan fingerprint density at radius 1 is 1.00 bits per heavy atom. The number of primary sulfonamides is 1. The third-order valence-electron chi connectivity index (χ3n) is 5.92. The summed E-state index contributed by atoms with van der Waals surface area (Å²) in [5, 5.41) is 11.6. The van der Waals surface area contributed by atoms with Crippen LogP contribution in [-0.2, 0) is 10.0 Å². The zero-order valence-corrected chi connectivity index (χ0v) is 21.9. The van der Waals surface area contributed by atoms with Gasteiger partial charge in [0.2, 0.25) is 10.0 Å². The van der Waals surface area contributed by atoms with E-state index in [1.165, 1.54) is 69.8 Å². The first-order chi connectivity index (χ1) is 16.8. The lowest BCUT2D eigenvalue weighted by molar-refractivity contribution is 0.0947. The van der Waals surface area contributed by atoms with E-state index in [0.717, 1.165) is 12.8 Å². The van der Waals surface area contributed by atoms with E-state index in [1.807, 2.05) is 6.07 Å². The minimum atomic E-state index is -4.05. The quantitative estimate of drug-likeness (QED) is 0.344. The summed E-state index contributed by atoms with van der Waals surface area (Å²) in [5.41, 5.74) is 0.243. The van der Waals surface area contributed by atoms with Gasteiger partial charge >= 0.3 is 0 Å². The highest BCUT2D eigenvalue weighted by molar-refractivity contribution is 7.89. The van der Waals surface area contributed by atoms with Crippen molar-refractivity contribution >= 4 is 15.9 Å². The van der Waals surface area contributed by atoms with Crippen molar-refractivity contribution in [1.82, 2.24) is 10.6 Å². The highest BCUT2D eigenvalue weighted by atomic mass is 32.2. The van der Waals surface area contributed by atoms with Crippen molar-refractivity contribution < 1.29 is 17.9 Å². The van der Waals surface area contributed by atoms with Gasteiger partial charge in [-0.1, -0.05) is 57.7 Å². The molecular weight excluding hydrogens is 462 g/mol. The number of sulfonamides is 1. The van der Waals surface area contributed by atoms with E-state index in [1.54, 1.807) is 24.3 Å². The third kappa shape index (κ3) is 10.8. The molecule has 7 nitrogen and oxygen atoms in total. The molecule has 35 heavy (non-hydrogen) atoms. The molecule has 0 aromatic heterocycles. The number of nitrogens with two attached hydrogens (primary N) is 1. The van der Waals surface area contributed by atoms with Crippen molar-refractivity contribution in [3.05, 3.63) is 54.1 Å². The summed E-state index contributed by atoms with van der Waals surface area (Å²) in [6.07, 6.45) is 9.88. The number of rotatable bonds is 12. The summed E-state index contributed by atoms with van der Waals surface area (Å²) in [6, 6.07) is 13.0. The van der Waals surface area contributed by atoms with Gasteiger partial charge in [0.25, 0.3) is 5.91 Å². The van der Waals surface area contributed by atoms with Gasteiger partial charge in [0.05, 0.1) is 0 Å². The molecule has 2 aromatic carbocycles. The molecule has 1 aliphatic carbocycles. The van der Waals surface area contributed by atoms with Crippen molar-refractivity contribution in [2.24, 2.45) is 11.1 Å². The predicted molar refractivity (Wildman–Crippen MR) is 141 cm³/mol. The van der Waals surface area contributed by atoms with E-state index in [2.05, 4.69) is 24.5 Å². The molecule has 0 bridgehead atoms. The van der Waals surface area contributed by atoms with E-state index < -0.39 is 10.0 Å². The second-order valence-electron chi connectivity index (χ2n) is 8.94. The maximum absolute atomic E-state index is 12.4. The highest BCUT2D eigenvalue weighted by Crippen LogP contribution is 2.29. The van der Waals surface area contributed by atoms with Gasteiger partial charge in [-0.3, -0.25) is 4.79 Å². The Labute approximate surface area is 210 Å². The second kappa shape index (κ2) is 15.5. The number of unbranched alkanes of at least 4 members (excludes halogenated alkanes) is 2. The number of carbonyl (C=O) groups excluding carboxylic acids is 1. The Bertz CT molecular complexity index is 985. The zero-order chi connectivity index (χ0) is 25.5. The van der Waals surface area contributed by atoms with E-state index in [9.17, 15) is 13.2 Å². The normalized spacial score (nSPS) is 13.7. The molecule has 0 saturated heterocycles. The van der Waals surface area contributed by atoms with Gasteiger partial charge in [0, 0.05) is 12.1 Å². The number of nitrogens with one attached hydrogen (secondary N) is 2. The Balaban J connectivity index is 0.000000410. The molecule has 4 N–H and O–H groups in total. The summed E-state index contributed by atoms with van der Waals surface area (Å²) < 4.78 is 29.5. The Hall–Kier alpha value is -2.42. The van der Waals surface area contributed by atoms with Gasteiger partial charge in [0.15, 0.2) is 0 Å². The number of hydrogen-bond donors (Lipinski definition) is 3. The molecule has 1 amide bonds. The largest absolute Gasteiger partial charge is 0.456 e. The Morgan fingerprint density at radius 3 is 2.20 bits per heavy atom. The SMILES string of the molecule is CCCCNCCCC.NS(=O)(=O)c1cc(C(=O)NCC2CCCC2)ccc1Oc1ccccc1. The Kier molecular flexibility index (Phi) is 12.8. The fourth-order valence-electron chi connectivity index (χ4n) is 3.85.